The summed E-state index contributed by atoms with van der Waals surface area (Å²) < 4.78 is 61.3. The number of pyridine rings is 2. The van der Waals surface area contributed by atoms with Gasteiger partial charge in [0.15, 0.2) is 11.5 Å². The van der Waals surface area contributed by atoms with Crippen molar-refractivity contribution in [1.29, 1.82) is 0 Å². The van der Waals surface area contributed by atoms with E-state index in [9.17, 15) is 48.3 Å². The minimum Gasteiger partial charge on any atom is -0.507 e. The molecular weight excluding hydrogens is 1120 g/mol. The Kier molecular flexibility index (Phi) is 28.3. The molecule has 3 aromatic rings. The molecule has 8 N–H and O–H groups in total. The third-order valence-electron chi connectivity index (χ3n) is 12.8. The normalized spacial score (nSPS) is 13.2. The highest BCUT2D eigenvalue weighted by molar-refractivity contribution is 6.14. The van der Waals surface area contributed by atoms with E-state index in [4.69, 9.17) is 62.8 Å². The Labute approximate surface area is 488 Å². The molecule has 0 saturated heterocycles. The monoisotopic (exact) mass is 1200 g/mol. The van der Waals surface area contributed by atoms with E-state index in [2.05, 4.69) is 26.6 Å². The van der Waals surface area contributed by atoms with Crippen LogP contribution < -0.4 is 47.4 Å². The lowest BCUT2D eigenvalue weighted by molar-refractivity contribution is -0.142. The minimum absolute atomic E-state index is 0.00256. The Hall–Kier alpha value is -7.68. The molecule has 30 heteroatoms. The van der Waals surface area contributed by atoms with E-state index in [1.807, 2.05) is 0 Å². The maximum absolute atomic E-state index is 13.6. The zero-order valence-electron chi connectivity index (χ0n) is 47.5. The number of ether oxygens (including phenoxy) is 11. The van der Waals surface area contributed by atoms with E-state index in [1.165, 1.54) is 17.6 Å². The molecule has 3 aliphatic rings. The van der Waals surface area contributed by atoms with Crippen LogP contribution in [0.1, 0.15) is 49.3 Å². The molecule has 0 radical (unpaired) electrons. The van der Waals surface area contributed by atoms with Crippen LogP contribution in [0.25, 0.3) is 22.3 Å². The first-order chi connectivity index (χ1) is 41.2. The fourth-order valence-electron chi connectivity index (χ4n) is 8.51. The highest BCUT2D eigenvalue weighted by atomic mass is 16.7. The van der Waals surface area contributed by atoms with Gasteiger partial charge >= 0.3 is 5.97 Å². The Balaban J connectivity index is 0.750. The Morgan fingerprint density at radius 1 is 0.659 bits per heavy atom. The van der Waals surface area contributed by atoms with Crippen LogP contribution in [0.2, 0.25) is 0 Å². The Bertz CT molecular complexity index is 2850. The predicted octanol–water partition coefficient (Wildman–Crippen LogP) is -2.05. The number of esters is 1. The number of imide groups is 1. The number of fused-ring (bicyclic) bond motifs is 5. The number of nitrogens with one attached hydrogen (secondary N) is 5. The number of hydrogen-bond donors (Lipinski definition) is 7. The van der Waals surface area contributed by atoms with Crippen LogP contribution in [0.15, 0.2) is 35.1 Å². The molecule has 30 nitrogen and oxygen atoms in total. The summed E-state index contributed by atoms with van der Waals surface area (Å²) in [7, 11) is 0. The van der Waals surface area contributed by atoms with Crippen LogP contribution in [-0.4, -0.2) is 218 Å². The van der Waals surface area contributed by atoms with Crippen molar-refractivity contribution in [2.24, 2.45) is 5.73 Å². The molecule has 1 aromatic carbocycles. The number of hydrogen-bond acceptors (Lipinski definition) is 23. The molecule has 1 unspecified atom stereocenters. The summed E-state index contributed by atoms with van der Waals surface area (Å²) in [6.45, 7) is 5.37. The molecule has 2 aromatic heterocycles. The summed E-state index contributed by atoms with van der Waals surface area (Å²) in [4.78, 5) is 118. The molecule has 0 aliphatic carbocycles. The van der Waals surface area contributed by atoms with Gasteiger partial charge in [0.25, 0.3) is 17.4 Å². The summed E-state index contributed by atoms with van der Waals surface area (Å²) in [6, 6.07) is 3.74. The molecule has 0 spiro atoms. The molecule has 7 amide bonds. The third-order valence-corrected chi connectivity index (χ3v) is 12.8. The molecule has 0 fully saturated rings. The maximum Gasteiger partial charge on any atom is 0.302 e. The van der Waals surface area contributed by atoms with Crippen LogP contribution in [0.3, 0.4) is 0 Å². The number of nitrogens with two attached hydrogens (primary N) is 1. The van der Waals surface area contributed by atoms with E-state index in [0.29, 0.717) is 144 Å². The second-order valence-corrected chi connectivity index (χ2v) is 19.0. The average molecular weight is 1200 g/mol. The summed E-state index contributed by atoms with van der Waals surface area (Å²) in [5.41, 5.74) is 7.32. The first-order valence-electron chi connectivity index (χ1n) is 27.8. The highest BCUT2D eigenvalue weighted by Crippen LogP contribution is 2.42. The van der Waals surface area contributed by atoms with Crippen molar-refractivity contribution in [3.8, 4) is 28.6 Å². The standard InChI is InChI=1S/C55H75N9O21/c1-36(65)83-34-40-44(66)28-43-53-39(32-63(43)55(40)74)38(37-26-45-46(85-35-84-45)27-42(37)62-53)29-58-48(68)30-60-54(73)41(4-2-3-8-56)61-49(69)31-59-47(67)7-10-75-12-14-77-16-18-79-20-22-81-24-25-82-23-21-80-19-17-78-15-13-76-11-9-57-50(70)33-64-51(71)5-6-52(64)72/h5-6,26-28,41,66H,2-4,7-25,29-35,56H2,1H3,(H,57,70)(H,58,68)(H,59,67)(H,60,73)(H,61,69). The Morgan fingerprint density at radius 2 is 1.22 bits per heavy atom. The first kappa shape index (κ1) is 66.5. The molecule has 6 rings (SSSR count). The van der Waals surface area contributed by atoms with Gasteiger partial charge in [-0.25, -0.2) is 4.98 Å². The van der Waals surface area contributed by atoms with Gasteiger partial charge in [-0.15, -0.1) is 0 Å². The van der Waals surface area contributed by atoms with Crippen molar-refractivity contribution in [3.05, 3.63) is 57.4 Å². The van der Waals surface area contributed by atoms with E-state index < -0.39 is 78.6 Å². The highest BCUT2D eigenvalue weighted by Gasteiger charge is 2.31. The van der Waals surface area contributed by atoms with Crippen molar-refractivity contribution < 1.29 is 95.6 Å². The lowest BCUT2D eigenvalue weighted by Crippen LogP contribution is -2.51. The number of amides is 7. The summed E-state index contributed by atoms with van der Waals surface area (Å²) in [6.07, 6.45) is 3.50. The largest absolute Gasteiger partial charge is 0.507 e. The first-order valence-corrected chi connectivity index (χ1v) is 27.8. The van der Waals surface area contributed by atoms with Crippen LogP contribution in [0.5, 0.6) is 17.2 Å². The third kappa shape index (κ3) is 22.0. The zero-order chi connectivity index (χ0) is 60.8. The van der Waals surface area contributed by atoms with Gasteiger partial charge < -0.3 is 94.1 Å². The van der Waals surface area contributed by atoms with E-state index in [0.717, 1.165) is 17.1 Å². The van der Waals surface area contributed by atoms with Gasteiger partial charge in [-0.2, -0.15) is 0 Å². The van der Waals surface area contributed by atoms with Gasteiger partial charge in [0.05, 0.1) is 148 Å². The lowest BCUT2D eigenvalue weighted by Gasteiger charge is -2.19. The topological polar surface area (TPSA) is 383 Å². The summed E-state index contributed by atoms with van der Waals surface area (Å²) in [5.74, 6) is -3.84. The van der Waals surface area contributed by atoms with Gasteiger partial charge in [0.2, 0.25) is 36.3 Å². The number of aromatic nitrogens is 2. The zero-order valence-corrected chi connectivity index (χ0v) is 47.5. The van der Waals surface area contributed by atoms with Gasteiger partial charge in [-0.1, -0.05) is 0 Å². The number of unbranched alkanes of at least 4 members (excludes halogenated alkanes) is 1. The van der Waals surface area contributed by atoms with Crippen LogP contribution in [0, 0.1) is 0 Å². The minimum atomic E-state index is -1.04. The van der Waals surface area contributed by atoms with Crippen LogP contribution >= 0.6 is 0 Å². The average Bonchev–Trinajstić information content (AvgIpc) is 1.77. The van der Waals surface area contributed by atoms with Crippen molar-refractivity contribution in [1.82, 2.24) is 41.0 Å². The molecule has 5 heterocycles. The second-order valence-electron chi connectivity index (χ2n) is 19.0. The number of benzene rings is 1. The molecule has 466 valence electrons. The number of carbonyl (C=O) groups is 8. The molecule has 1 atom stereocenters. The van der Waals surface area contributed by atoms with Crippen molar-refractivity contribution in [2.45, 2.75) is 58.3 Å². The number of aromatic hydroxyl groups is 1. The lowest BCUT2D eigenvalue weighted by atomic mass is 10.00. The molecule has 0 bridgehead atoms. The fourth-order valence-corrected chi connectivity index (χ4v) is 8.51. The van der Waals surface area contributed by atoms with Crippen LogP contribution in [0.4, 0.5) is 0 Å². The number of carbonyl (C=O) groups excluding carboxylic acids is 8. The quantitative estimate of drug-likeness (QED) is 0.0142. The van der Waals surface area contributed by atoms with Crippen molar-refractivity contribution in [3.63, 3.8) is 0 Å². The van der Waals surface area contributed by atoms with Gasteiger partial charge in [0.1, 0.15) is 24.9 Å². The molecule has 0 saturated carbocycles. The van der Waals surface area contributed by atoms with Crippen LogP contribution in [-0.2, 0) is 101 Å². The van der Waals surface area contributed by atoms with Gasteiger partial charge in [-0.3, -0.25) is 48.1 Å². The summed E-state index contributed by atoms with van der Waals surface area (Å²) in [5, 5.41) is 24.5. The second kappa shape index (κ2) is 36.2. The van der Waals surface area contributed by atoms with Gasteiger partial charge in [-0.05, 0) is 37.4 Å². The number of nitrogens with zero attached hydrogens (tertiary/aromatic N) is 3. The van der Waals surface area contributed by atoms with E-state index in [-0.39, 0.29) is 83.6 Å². The Morgan fingerprint density at radius 3 is 1.81 bits per heavy atom. The smallest absolute Gasteiger partial charge is 0.302 e. The molecule has 3 aliphatic heterocycles. The molecule has 85 heavy (non-hydrogen) atoms. The van der Waals surface area contributed by atoms with Crippen molar-refractivity contribution in [2.75, 3.05) is 145 Å². The molecular formula is C55H75N9O21. The maximum atomic E-state index is 13.6. The van der Waals surface area contributed by atoms with Gasteiger partial charge in [0, 0.05) is 61.7 Å². The summed E-state index contributed by atoms with van der Waals surface area (Å²) >= 11 is 0. The predicted molar refractivity (Wildman–Crippen MR) is 297 cm³/mol. The number of rotatable bonds is 43. The SMILES string of the molecule is CC(=O)OCc1c(O)cc2n(c1=O)Cc1c-2nc2cc3c(cc2c1CNC(=O)CNC(=O)C(CCCCN)NC(=O)CNC(=O)CCOCCOCCOCCOCCOCCOCCOCCOCCNC(=O)CN1C(=O)C=CC1=O)OCO3. The van der Waals surface area contributed by atoms with E-state index in [1.54, 1.807) is 12.1 Å². The van der Waals surface area contributed by atoms with Crippen molar-refractivity contribution >= 4 is 58.2 Å². The van der Waals surface area contributed by atoms with E-state index >= 15 is 0 Å². The fraction of sp³-hybridized carbons (Fsp3) is 0.564.